The van der Waals surface area contributed by atoms with Gasteiger partial charge in [-0.1, -0.05) is 76.3 Å². The first-order chi connectivity index (χ1) is 24.2. The zero-order chi connectivity index (χ0) is 35.9. The van der Waals surface area contributed by atoms with Gasteiger partial charge in [0.15, 0.2) is 24.1 Å². The van der Waals surface area contributed by atoms with E-state index in [2.05, 4.69) is 26.8 Å². The zero-order valence-corrected chi connectivity index (χ0v) is 30.4. The first-order valence-corrected chi connectivity index (χ1v) is 19.2. The predicted octanol–water partition coefficient (Wildman–Crippen LogP) is 4.33. The van der Waals surface area contributed by atoms with E-state index in [1.54, 1.807) is 19.3 Å². The third kappa shape index (κ3) is 11.0. The van der Waals surface area contributed by atoms with E-state index in [0.717, 1.165) is 36.4 Å². The number of aliphatic carboxylic acids is 1. The van der Waals surface area contributed by atoms with E-state index in [0.29, 0.717) is 17.7 Å². The summed E-state index contributed by atoms with van der Waals surface area (Å²) < 4.78 is 11.3. The van der Waals surface area contributed by atoms with Crippen molar-refractivity contribution in [3.8, 4) is 0 Å². The summed E-state index contributed by atoms with van der Waals surface area (Å²) in [5, 5.41) is 16.0. The molecule has 2 aromatic rings. The van der Waals surface area contributed by atoms with Crippen LogP contribution in [0.1, 0.15) is 102 Å². The van der Waals surface area contributed by atoms with E-state index in [1.165, 1.54) is 68.0 Å². The summed E-state index contributed by atoms with van der Waals surface area (Å²) in [5.74, 6) is -2.44. The average Bonchev–Trinajstić information content (AvgIpc) is 3.54. The second-order valence-electron chi connectivity index (χ2n) is 12.3. The van der Waals surface area contributed by atoms with Crippen molar-refractivity contribution in [1.29, 1.82) is 0 Å². The highest BCUT2D eigenvalue weighted by atomic mass is 32.2. The van der Waals surface area contributed by atoms with E-state index in [1.807, 2.05) is 16.7 Å². The Bertz CT molecular complexity index is 1530. The number of hydrogen-bond donors (Lipinski definition) is 3. The van der Waals surface area contributed by atoms with Crippen LogP contribution in [-0.4, -0.2) is 72.6 Å². The van der Waals surface area contributed by atoms with Crippen LogP contribution in [0.2, 0.25) is 0 Å². The lowest BCUT2D eigenvalue weighted by molar-refractivity contribution is -0.689. The summed E-state index contributed by atoms with van der Waals surface area (Å²) in [6.07, 6.45) is 17.4. The third-order valence-electron chi connectivity index (χ3n) is 8.41. The van der Waals surface area contributed by atoms with Crippen LogP contribution in [0.4, 0.5) is 5.13 Å². The molecule has 2 aromatic heterocycles. The number of nitrogens with zero attached hydrogens (tertiary/aromatic N) is 5. The number of carbonyl (C=O) groups is 4. The van der Waals surface area contributed by atoms with Crippen molar-refractivity contribution in [2.75, 3.05) is 18.1 Å². The Balaban J connectivity index is 1.22. The molecular weight excluding hydrogens is 683 g/mol. The number of unbranched alkanes of at least 4 members (excludes halogenated alkanes) is 10. The van der Waals surface area contributed by atoms with Crippen LogP contribution in [0.25, 0.3) is 0 Å². The highest BCUT2D eigenvalue weighted by Crippen LogP contribution is 2.40. The van der Waals surface area contributed by atoms with Crippen molar-refractivity contribution in [3.05, 3.63) is 47.2 Å². The van der Waals surface area contributed by atoms with Crippen LogP contribution < -0.4 is 15.6 Å². The highest BCUT2D eigenvalue weighted by molar-refractivity contribution is 8.00. The van der Waals surface area contributed by atoms with E-state index in [4.69, 9.17) is 15.3 Å². The number of pyridine rings is 1. The number of esters is 1. The molecule has 16 heteroatoms. The monoisotopic (exact) mass is 730 g/mol. The number of carboxylic acids is 1. The first kappa shape index (κ1) is 38.7. The number of nitrogens with one attached hydrogen (secondary N) is 1. The molecule has 0 saturated carbocycles. The molecule has 0 aromatic carbocycles. The molecule has 0 aliphatic carbocycles. The number of aromatic nitrogens is 3. The molecule has 1 saturated heterocycles. The summed E-state index contributed by atoms with van der Waals surface area (Å²) >= 11 is 2.24. The standard InChI is InChI=1S/C34H47N7O7S2/c1-3-5-6-7-8-9-10-11-12-13-14-15-25(42)47-21-23-16-18-40(19-17-23)20-24-22-49-32-27(31(44)41(32)28(24)33(45)46)36-30(43)26(38-48-4-2)29-37-34(35)50-39-29/h16-19,27,32H,3-15,20-22H2,1-2H3,(H3-,35,36,37,39,43,45,46)/p+1/t27?,32-/m0/s1. The molecule has 4 N–H and O–H groups in total. The molecule has 14 nitrogen and oxygen atoms in total. The Hall–Kier alpha value is -4.05. The molecule has 1 fully saturated rings. The highest BCUT2D eigenvalue weighted by Gasteiger charge is 2.55. The number of nitrogen functional groups attached to an aromatic ring is 1. The fourth-order valence-electron chi connectivity index (χ4n) is 5.74. The molecule has 4 heterocycles. The maximum Gasteiger partial charge on any atom is 0.352 e. The molecule has 0 bridgehead atoms. The van der Waals surface area contributed by atoms with Crippen LogP contribution >= 0.6 is 23.3 Å². The van der Waals surface area contributed by atoms with E-state index < -0.39 is 29.2 Å². The van der Waals surface area contributed by atoms with Gasteiger partial charge < -0.3 is 25.7 Å². The number of anilines is 1. The van der Waals surface area contributed by atoms with Crippen LogP contribution in [-0.2, 0) is 41.9 Å². The normalized spacial score (nSPS) is 17.3. The van der Waals surface area contributed by atoms with Gasteiger partial charge in [-0.3, -0.25) is 19.3 Å². The van der Waals surface area contributed by atoms with Gasteiger partial charge in [0.25, 0.3) is 11.8 Å². The number of carbonyl (C=O) groups excluding carboxylic acids is 3. The fourth-order valence-corrected chi connectivity index (χ4v) is 7.51. The summed E-state index contributed by atoms with van der Waals surface area (Å²) in [7, 11) is 0. The van der Waals surface area contributed by atoms with Gasteiger partial charge in [0.05, 0.1) is 0 Å². The first-order valence-electron chi connectivity index (χ1n) is 17.4. The Kier molecular flexibility index (Phi) is 15.5. The summed E-state index contributed by atoms with van der Waals surface area (Å²) in [6, 6.07) is 2.67. The van der Waals surface area contributed by atoms with Gasteiger partial charge in [0, 0.05) is 47.0 Å². The average molecular weight is 731 g/mol. The molecule has 0 spiro atoms. The summed E-state index contributed by atoms with van der Waals surface area (Å²) in [5.41, 5.74) is 6.68. The molecule has 2 aliphatic rings. The lowest BCUT2D eigenvalue weighted by atomic mass is 10.0. The fraction of sp³-hybridized carbons (Fsp3) is 0.588. The number of β-lactam (4-membered cyclic amide) rings is 1. The zero-order valence-electron chi connectivity index (χ0n) is 28.8. The summed E-state index contributed by atoms with van der Waals surface area (Å²) in [6.45, 7) is 4.52. The van der Waals surface area contributed by atoms with E-state index in [9.17, 15) is 24.3 Å². The second-order valence-corrected chi connectivity index (χ2v) is 14.1. The molecule has 4 rings (SSSR count). The second kappa shape index (κ2) is 20.0. The molecule has 1 unspecified atom stereocenters. The van der Waals surface area contributed by atoms with Gasteiger partial charge in [0.1, 0.15) is 30.3 Å². The number of oxime groups is 1. The molecule has 2 atom stereocenters. The minimum atomic E-state index is -1.23. The van der Waals surface area contributed by atoms with Crippen molar-refractivity contribution in [1.82, 2.24) is 19.6 Å². The van der Waals surface area contributed by atoms with E-state index in [-0.39, 0.29) is 48.1 Å². The minimum absolute atomic E-state index is 0.0347. The van der Waals surface area contributed by atoms with Crippen molar-refractivity contribution in [2.24, 2.45) is 5.16 Å². The summed E-state index contributed by atoms with van der Waals surface area (Å²) in [4.78, 5) is 61.1. The van der Waals surface area contributed by atoms with Crippen LogP contribution in [0, 0.1) is 0 Å². The van der Waals surface area contributed by atoms with E-state index >= 15 is 0 Å². The van der Waals surface area contributed by atoms with Crippen molar-refractivity contribution < 1.29 is 38.4 Å². The quantitative estimate of drug-likeness (QED) is 0.0390. The Labute approximate surface area is 301 Å². The van der Waals surface area contributed by atoms with Crippen LogP contribution in [0.5, 0.6) is 0 Å². The smallest absolute Gasteiger partial charge is 0.352 e. The lowest BCUT2D eigenvalue weighted by Crippen LogP contribution is -2.71. The largest absolute Gasteiger partial charge is 0.477 e. The Morgan fingerprint density at radius 1 is 1.06 bits per heavy atom. The molecule has 2 aliphatic heterocycles. The number of nitrogens with two attached hydrogens (primary N) is 1. The number of carboxylic acid groups (broad SMARTS) is 1. The predicted molar refractivity (Wildman–Crippen MR) is 190 cm³/mol. The lowest BCUT2D eigenvalue weighted by Gasteiger charge is -2.49. The number of rotatable bonds is 22. The maximum absolute atomic E-state index is 13.2. The van der Waals surface area contributed by atoms with Gasteiger partial charge in [-0.15, -0.1) is 11.8 Å². The van der Waals surface area contributed by atoms with Gasteiger partial charge in [-0.05, 0) is 13.3 Å². The molecule has 0 radical (unpaired) electrons. The maximum atomic E-state index is 13.2. The molecule has 2 amide bonds. The molecule has 50 heavy (non-hydrogen) atoms. The van der Waals surface area contributed by atoms with Crippen molar-refractivity contribution >= 4 is 57.9 Å². The minimum Gasteiger partial charge on any atom is -0.477 e. The SMILES string of the molecule is CCCCCCCCCCCCCC(=O)OCc1cc[n+](CC2=C(C(=O)O)N3C(=O)C(NC(=O)C(=NOCC)c4nsc(N)n4)[C@@H]3SC2)cc1. The Morgan fingerprint density at radius 3 is 2.32 bits per heavy atom. The number of thioether (sulfide) groups is 1. The van der Waals surface area contributed by atoms with Crippen molar-refractivity contribution in [2.45, 2.75) is 115 Å². The number of ether oxygens (including phenoxy) is 1. The molecule has 272 valence electrons. The van der Waals surface area contributed by atoms with Gasteiger partial charge in [-0.25, -0.2) is 9.36 Å². The van der Waals surface area contributed by atoms with Gasteiger partial charge in [-0.2, -0.15) is 9.36 Å². The van der Waals surface area contributed by atoms with Crippen LogP contribution in [0.15, 0.2) is 41.0 Å². The third-order valence-corrected chi connectivity index (χ3v) is 10.3. The number of hydrogen-bond acceptors (Lipinski definition) is 12. The van der Waals surface area contributed by atoms with Gasteiger partial charge in [0.2, 0.25) is 11.5 Å². The van der Waals surface area contributed by atoms with Crippen molar-refractivity contribution in [3.63, 3.8) is 0 Å². The van der Waals surface area contributed by atoms with Gasteiger partial charge >= 0.3 is 11.9 Å². The topological polar surface area (TPSA) is 190 Å². The molecular formula is C34H48N7O7S2+. The van der Waals surface area contributed by atoms with Crippen LogP contribution in [0.3, 0.4) is 0 Å². The number of amides is 2. The Morgan fingerprint density at radius 2 is 1.72 bits per heavy atom. The number of fused-ring (bicyclic) bond motifs is 1.